The van der Waals surface area contributed by atoms with Gasteiger partial charge < -0.3 is 14.6 Å². The number of nitrogens with zero attached hydrogens (tertiary/aromatic N) is 2. The Labute approximate surface area is 127 Å². The zero-order valence-electron chi connectivity index (χ0n) is 11.4. The van der Waals surface area contributed by atoms with Crippen molar-refractivity contribution in [3.8, 4) is 17.2 Å². The van der Waals surface area contributed by atoms with Gasteiger partial charge in [0.1, 0.15) is 5.75 Å². The van der Waals surface area contributed by atoms with Crippen LogP contribution in [0.5, 0.6) is 5.75 Å². The van der Waals surface area contributed by atoms with Crippen molar-refractivity contribution in [1.29, 1.82) is 0 Å². The molecule has 1 aromatic carbocycles. The summed E-state index contributed by atoms with van der Waals surface area (Å²) in [7, 11) is 3.43. The number of rotatable bonds is 5. The maximum Gasteiger partial charge on any atom is 0.261 e. The van der Waals surface area contributed by atoms with E-state index in [1.54, 1.807) is 19.2 Å². The molecule has 0 fully saturated rings. The van der Waals surface area contributed by atoms with E-state index in [0.29, 0.717) is 39.5 Å². The van der Waals surface area contributed by atoms with E-state index in [1.807, 2.05) is 14.0 Å². The molecule has 1 atom stereocenters. The first-order valence-corrected chi connectivity index (χ1v) is 6.84. The lowest BCUT2D eigenvalue weighted by atomic mass is 10.2. The Hall–Kier alpha value is -1.30. The fourth-order valence-corrected chi connectivity index (χ4v) is 2.00. The fourth-order valence-electron chi connectivity index (χ4n) is 1.69. The SMILES string of the molecule is CNC(C)Cc1noc(-c2cc(Cl)c(Cl)cc2OC)n1. The Morgan fingerprint density at radius 3 is 2.70 bits per heavy atom. The van der Waals surface area contributed by atoms with E-state index in [0.717, 1.165) is 0 Å². The smallest absolute Gasteiger partial charge is 0.261 e. The third-order valence-electron chi connectivity index (χ3n) is 2.92. The first kappa shape index (κ1) is 15.1. The highest BCUT2D eigenvalue weighted by molar-refractivity contribution is 6.42. The summed E-state index contributed by atoms with van der Waals surface area (Å²) in [6.45, 7) is 2.04. The summed E-state index contributed by atoms with van der Waals surface area (Å²) in [5, 5.41) is 7.89. The number of likely N-dealkylation sites (N-methyl/N-ethyl adjacent to an activating group) is 1. The molecular formula is C13H15Cl2N3O2. The number of benzene rings is 1. The Morgan fingerprint density at radius 2 is 2.05 bits per heavy atom. The molecule has 2 aromatic rings. The number of ether oxygens (including phenoxy) is 1. The van der Waals surface area contributed by atoms with Crippen molar-refractivity contribution < 1.29 is 9.26 Å². The van der Waals surface area contributed by atoms with Crippen LogP contribution in [0.1, 0.15) is 12.7 Å². The molecule has 0 saturated carbocycles. The van der Waals surface area contributed by atoms with Gasteiger partial charge in [0.25, 0.3) is 5.89 Å². The van der Waals surface area contributed by atoms with Gasteiger partial charge in [0.2, 0.25) is 0 Å². The van der Waals surface area contributed by atoms with E-state index < -0.39 is 0 Å². The van der Waals surface area contributed by atoms with Crippen molar-refractivity contribution in [3.63, 3.8) is 0 Å². The summed E-state index contributed by atoms with van der Waals surface area (Å²) in [5.41, 5.74) is 0.623. The maximum atomic E-state index is 6.02. The van der Waals surface area contributed by atoms with E-state index in [4.69, 9.17) is 32.5 Å². The largest absolute Gasteiger partial charge is 0.496 e. The standard InChI is InChI=1S/C13H15Cl2N3O2/c1-7(16-2)4-12-17-13(20-18-12)8-5-9(14)10(15)6-11(8)19-3/h5-7,16H,4H2,1-3H3. The second-order valence-electron chi connectivity index (χ2n) is 4.38. The molecule has 1 heterocycles. The Morgan fingerprint density at radius 1 is 1.35 bits per heavy atom. The lowest BCUT2D eigenvalue weighted by Crippen LogP contribution is -2.24. The van der Waals surface area contributed by atoms with Gasteiger partial charge in [-0.3, -0.25) is 0 Å². The average Bonchev–Trinajstić information content (AvgIpc) is 2.89. The molecule has 0 radical (unpaired) electrons. The van der Waals surface area contributed by atoms with Crippen LogP contribution in [0.15, 0.2) is 16.7 Å². The van der Waals surface area contributed by atoms with Gasteiger partial charge in [0.15, 0.2) is 5.82 Å². The highest BCUT2D eigenvalue weighted by Gasteiger charge is 2.17. The van der Waals surface area contributed by atoms with Crippen LogP contribution in [0.2, 0.25) is 10.0 Å². The van der Waals surface area contributed by atoms with Crippen LogP contribution < -0.4 is 10.1 Å². The predicted octanol–water partition coefficient (Wildman–Crippen LogP) is 3.20. The van der Waals surface area contributed by atoms with Crippen molar-refractivity contribution >= 4 is 23.2 Å². The van der Waals surface area contributed by atoms with Crippen LogP contribution in [0, 0.1) is 0 Å². The predicted molar refractivity (Wildman–Crippen MR) is 78.5 cm³/mol. The Bertz CT molecular complexity index is 601. The molecule has 1 aromatic heterocycles. The van der Waals surface area contributed by atoms with Crippen LogP contribution >= 0.6 is 23.2 Å². The second-order valence-corrected chi connectivity index (χ2v) is 5.19. The molecule has 5 nitrogen and oxygen atoms in total. The average molecular weight is 316 g/mol. The maximum absolute atomic E-state index is 6.02. The van der Waals surface area contributed by atoms with Crippen molar-refractivity contribution in [2.45, 2.75) is 19.4 Å². The number of hydrogen-bond donors (Lipinski definition) is 1. The summed E-state index contributed by atoms with van der Waals surface area (Å²) in [6.07, 6.45) is 0.670. The minimum atomic E-state index is 0.260. The van der Waals surface area contributed by atoms with Crippen LogP contribution in [-0.4, -0.2) is 30.3 Å². The molecule has 0 spiro atoms. The third kappa shape index (κ3) is 3.23. The zero-order valence-corrected chi connectivity index (χ0v) is 12.9. The van der Waals surface area contributed by atoms with Crippen LogP contribution in [0.4, 0.5) is 0 Å². The lowest BCUT2D eigenvalue weighted by Gasteiger charge is -2.06. The summed E-state index contributed by atoms with van der Waals surface area (Å²) in [6, 6.07) is 3.54. The van der Waals surface area contributed by atoms with Gasteiger partial charge in [-0.15, -0.1) is 0 Å². The molecule has 1 N–H and O–H groups in total. The monoisotopic (exact) mass is 315 g/mol. The molecule has 0 bridgehead atoms. The minimum absolute atomic E-state index is 0.260. The fraction of sp³-hybridized carbons (Fsp3) is 0.385. The molecule has 0 aliphatic rings. The van der Waals surface area contributed by atoms with Crippen molar-refractivity contribution in [2.75, 3.05) is 14.2 Å². The number of halogens is 2. The molecule has 108 valence electrons. The van der Waals surface area contributed by atoms with E-state index in [9.17, 15) is 0 Å². The molecule has 2 rings (SSSR count). The van der Waals surface area contributed by atoms with Gasteiger partial charge in [-0.25, -0.2) is 0 Å². The van der Waals surface area contributed by atoms with Gasteiger partial charge in [0.05, 0.1) is 22.7 Å². The first-order chi connectivity index (χ1) is 9.55. The van der Waals surface area contributed by atoms with Crippen molar-refractivity contribution in [2.24, 2.45) is 0 Å². The van der Waals surface area contributed by atoms with Crippen LogP contribution in [-0.2, 0) is 6.42 Å². The van der Waals surface area contributed by atoms with Gasteiger partial charge in [0, 0.05) is 18.5 Å². The second kappa shape index (κ2) is 6.43. The lowest BCUT2D eigenvalue weighted by molar-refractivity contribution is 0.401. The topological polar surface area (TPSA) is 60.2 Å². The highest BCUT2D eigenvalue weighted by atomic mass is 35.5. The summed E-state index contributed by atoms with van der Waals surface area (Å²) in [5.74, 6) is 1.52. The quantitative estimate of drug-likeness (QED) is 0.918. The molecule has 7 heteroatoms. The van der Waals surface area contributed by atoms with Gasteiger partial charge >= 0.3 is 0 Å². The van der Waals surface area contributed by atoms with E-state index in [2.05, 4.69) is 15.5 Å². The summed E-state index contributed by atoms with van der Waals surface area (Å²) >= 11 is 12.0. The van der Waals surface area contributed by atoms with E-state index in [1.165, 1.54) is 0 Å². The Balaban J connectivity index is 2.34. The first-order valence-electron chi connectivity index (χ1n) is 6.08. The van der Waals surface area contributed by atoms with Crippen LogP contribution in [0.3, 0.4) is 0 Å². The third-order valence-corrected chi connectivity index (χ3v) is 3.64. The molecular weight excluding hydrogens is 301 g/mol. The van der Waals surface area contributed by atoms with Gasteiger partial charge in [-0.2, -0.15) is 4.98 Å². The molecule has 0 saturated heterocycles. The van der Waals surface area contributed by atoms with E-state index >= 15 is 0 Å². The van der Waals surface area contributed by atoms with Gasteiger partial charge in [-0.05, 0) is 20.0 Å². The molecule has 20 heavy (non-hydrogen) atoms. The minimum Gasteiger partial charge on any atom is -0.496 e. The highest BCUT2D eigenvalue weighted by Crippen LogP contribution is 2.36. The zero-order chi connectivity index (χ0) is 14.7. The number of hydrogen-bond acceptors (Lipinski definition) is 5. The number of methoxy groups -OCH3 is 1. The summed E-state index contributed by atoms with van der Waals surface area (Å²) in [4.78, 5) is 4.35. The molecule has 1 unspecified atom stereocenters. The molecule has 0 amide bonds. The number of aromatic nitrogens is 2. The van der Waals surface area contributed by atoms with E-state index in [-0.39, 0.29) is 6.04 Å². The summed E-state index contributed by atoms with van der Waals surface area (Å²) < 4.78 is 10.5. The van der Waals surface area contributed by atoms with Gasteiger partial charge in [-0.1, -0.05) is 28.4 Å². The number of nitrogens with one attached hydrogen (secondary N) is 1. The normalized spacial score (nSPS) is 12.4. The van der Waals surface area contributed by atoms with Crippen molar-refractivity contribution in [1.82, 2.24) is 15.5 Å². The Kier molecular flexibility index (Phi) is 4.86. The van der Waals surface area contributed by atoms with Crippen molar-refractivity contribution in [3.05, 3.63) is 28.0 Å². The molecule has 0 aliphatic heterocycles. The van der Waals surface area contributed by atoms with Crippen LogP contribution in [0.25, 0.3) is 11.5 Å². The molecule has 0 aliphatic carbocycles.